The highest BCUT2D eigenvalue weighted by molar-refractivity contribution is 5.82. The van der Waals surface area contributed by atoms with Crippen LogP contribution in [0.5, 0.6) is 11.5 Å². The van der Waals surface area contributed by atoms with Gasteiger partial charge >= 0.3 is 0 Å². The number of ether oxygens (including phenoxy) is 2. The normalized spacial score (nSPS) is 19.4. The lowest BCUT2D eigenvalue weighted by Crippen LogP contribution is -2.53. The molecule has 0 spiro atoms. The van der Waals surface area contributed by atoms with Crippen molar-refractivity contribution in [1.82, 2.24) is 9.80 Å². The zero-order chi connectivity index (χ0) is 18.6. The van der Waals surface area contributed by atoms with Gasteiger partial charge < -0.3 is 14.4 Å². The van der Waals surface area contributed by atoms with E-state index in [-0.39, 0.29) is 12.5 Å². The van der Waals surface area contributed by atoms with Crippen molar-refractivity contribution in [3.05, 3.63) is 59.7 Å². The second-order valence-electron chi connectivity index (χ2n) is 6.73. The molecule has 4 rings (SSSR count). The predicted octanol–water partition coefficient (Wildman–Crippen LogP) is 2.04. The lowest BCUT2D eigenvalue weighted by molar-refractivity contribution is -0.143. The van der Waals surface area contributed by atoms with E-state index < -0.39 is 6.10 Å². The Bertz CT molecular complexity index is 869. The summed E-state index contributed by atoms with van der Waals surface area (Å²) in [7, 11) is 0. The van der Waals surface area contributed by atoms with E-state index in [0.29, 0.717) is 30.2 Å². The van der Waals surface area contributed by atoms with E-state index in [1.165, 1.54) is 0 Å². The largest absolute Gasteiger partial charge is 0.485 e. The van der Waals surface area contributed by atoms with Crippen LogP contribution in [0.4, 0.5) is 0 Å². The van der Waals surface area contributed by atoms with Crippen LogP contribution in [0.1, 0.15) is 11.1 Å². The SMILES string of the molecule is N#Cc1ccccc1CN1CCN(C(=O)[C@H]2COc3ccccc3O2)CC1. The summed E-state index contributed by atoms with van der Waals surface area (Å²) in [6.45, 7) is 3.81. The first-order valence-corrected chi connectivity index (χ1v) is 9.12. The molecule has 0 radical (unpaired) electrons. The maximum atomic E-state index is 12.8. The number of nitrogens with zero attached hydrogens (tertiary/aromatic N) is 3. The van der Waals surface area contributed by atoms with Gasteiger partial charge in [0.25, 0.3) is 5.91 Å². The van der Waals surface area contributed by atoms with Gasteiger partial charge in [-0.1, -0.05) is 30.3 Å². The van der Waals surface area contributed by atoms with Crippen molar-refractivity contribution in [2.45, 2.75) is 12.6 Å². The minimum Gasteiger partial charge on any atom is -0.485 e. The van der Waals surface area contributed by atoms with Crippen LogP contribution in [0.2, 0.25) is 0 Å². The van der Waals surface area contributed by atoms with Crippen molar-refractivity contribution < 1.29 is 14.3 Å². The molecule has 1 fully saturated rings. The van der Waals surface area contributed by atoms with Crippen molar-refractivity contribution in [3.63, 3.8) is 0 Å². The lowest BCUT2D eigenvalue weighted by Gasteiger charge is -2.37. The van der Waals surface area contributed by atoms with Crippen molar-refractivity contribution in [3.8, 4) is 17.6 Å². The summed E-state index contributed by atoms with van der Waals surface area (Å²) in [6.07, 6.45) is -0.592. The van der Waals surface area contributed by atoms with Gasteiger partial charge in [0.15, 0.2) is 11.5 Å². The Hall–Kier alpha value is -3.04. The van der Waals surface area contributed by atoms with Crippen molar-refractivity contribution >= 4 is 5.91 Å². The fourth-order valence-corrected chi connectivity index (χ4v) is 3.48. The fraction of sp³-hybridized carbons (Fsp3) is 0.333. The van der Waals surface area contributed by atoms with Crippen LogP contribution in [0.15, 0.2) is 48.5 Å². The van der Waals surface area contributed by atoms with Crippen LogP contribution in [-0.4, -0.2) is 54.6 Å². The van der Waals surface area contributed by atoms with Crippen LogP contribution in [0, 0.1) is 11.3 Å². The van der Waals surface area contributed by atoms with Gasteiger partial charge in [-0.15, -0.1) is 0 Å². The Kier molecular flexibility index (Phi) is 4.95. The maximum Gasteiger partial charge on any atom is 0.267 e. The molecule has 2 heterocycles. The molecule has 2 aromatic carbocycles. The second-order valence-corrected chi connectivity index (χ2v) is 6.73. The molecule has 0 saturated carbocycles. The molecule has 1 atom stereocenters. The van der Waals surface area contributed by atoms with Gasteiger partial charge in [0.1, 0.15) is 6.61 Å². The molecular formula is C21H21N3O3. The third kappa shape index (κ3) is 3.74. The first kappa shape index (κ1) is 17.4. The third-order valence-electron chi connectivity index (χ3n) is 5.00. The fourth-order valence-electron chi connectivity index (χ4n) is 3.48. The molecule has 27 heavy (non-hydrogen) atoms. The molecule has 6 heteroatoms. The van der Waals surface area contributed by atoms with Gasteiger partial charge in [0, 0.05) is 32.7 Å². The summed E-state index contributed by atoms with van der Waals surface area (Å²) < 4.78 is 11.5. The van der Waals surface area contributed by atoms with E-state index in [1.807, 2.05) is 53.4 Å². The number of amides is 1. The molecule has 6 nitrogen and oxygen atoms in total. The molecule has 1 saturated heterocycles. The molecule has 2 aromatic rings. The number of nitriles is 1. The summed E-state index contributed by atoms with van der Waals surface area (Å²) in [5, 5.41) is 9.23. The van der Waals surface area contributed by atoms with E-state index in [0.717, 1.165) is 25.2 Å². The number of carbonyl (C=O) groups excluding carboxylic acids is 1. The number of carbonyl (C=O) groups is 1. The first-order valence-electron chi connectivity index (χ1n) is 9.12. The quantitative estimate of drug-likeness (QED) is 0.835. The molecule has 2 aliphatic rings. The summed E-state index contributed by atoms with van der Waals surface area (Å²) in [5.74, 6) is 1.28. The van der Waals surface area contributed by atoms with Gasteiger partial charge in [0.2, 0.25) is 6.10 Å². The van der Waals surface area contributed by atoms with E-state index >= 15 is 0 Å². The van der Waals surface area contributed by atoms with E-state index in [2.05, 4.69) is 11.0 Å². The number of rotatable bonds is 3. The van der Waals surface area contributed by atoms with Crippen molar-refractivity contribution in [1.29, 1.82) is 5.26 Å². The topological polar surface area (TPSA) is 65.8 Å². The van der Waals surface area contributed by atoms with Gasteiger partial charge in [0.05, 0.1) is 11.6 Å². The summed E-state index contributed by atoms with van der Waals surface area (Å²) >= 11 is 0. The van der Waals surface area contributed by atoms with Gasteiger partial charge in [-0.25, -0.2) is 0 Å². The molecule has 0 unspecified atom stereocenters. The Morgan fingerprint density at radius 2 is 1.74 bits per heavy atom. The molecule has 138 valence electrons. The molecule has 0 bridgehead atoms. The minimum atomic E-state index is -0.592. The number of fused-ring (bicyclic) bond motifs is 1. The maximum absolute atomic E-state index is 12.8. The first-order chi connectivity index (χ1) is 13.2. The number of hydrogen-bond donors (Lipinski definition) is 0. The molecule has 2 aliphatic heterocycles. The zero-order valence-corrected chi connectivity index (χ0v) is 15.0. The van der Waals surface area contributed by atoms with Crippen LogP contribution in [0.3, 0.4) is 0 Å². The third-order valence-corrected chi connectivity index (χ3v) is 5.00. The monoisotopic (exact) mass is 363 g/mol. The summed E-state index contributed by atoms with van der Waals surface area (Å²) in [4.78, 5) is 16.9. The molecule has 0 aromatic heterocycles. The van der Waals surface area contributed by atoms with Crippen molar-refractivity contribution in [2.24, 2.45) is 0 Å². The van der Waals surface area contributed by atoms with Crippen LogP contribution >= 0.6 is 0 Å². The Morgan fingerprint density at radius 3 is 2.52 bits per heavy atom. The molecule has 0 N–H and O–H groups in total. The standard InChI is InChI=1S/C21H21N3O3/c22-13-16-5-1-2-6-17(16)14-23-9-11-24(12-10-23)21(25)20-15-26-18-7-3-4-8-19(18)27-20/h1-8,20H,9-12,14-15H2/t20-/m1/s1. The van der Waals surface area contributed by atoms with Gasteiger partial charge in [-0.3, -0.25) is 9.69 Å². The Morgan fingerprint density at radius 1 is 1.04 bits per heavy atom. The zero-order valence-electron chi connectivity index (χ0n) is 15.0. The summed E-state index contributed by atoms with van der Waals surface area (Å²) in [5.41, 5.74) is 1.74. The van der Waals surface area contributed by atoms with Crippen LogP contribution in [-0.2, 0) is 11.3 Å². The lowest BCUT2D eigenvalue weighted by atomic mass is 10.1. The van der Waals surface area contributed by atoms with Crippen molar-refractivity contribution in [2.75, 3.05) is 32.8 Å². The van der Waals surface area contributed by atoms with Crippen LogP contribution in [0.25, 0.3) is 0 Å². The van der Waals surface area contributed by atoms with Crippen LogP contribution < -0.4 is 9.47 Å². The highest BCUT2D eigenvalue weighted by Crippen LogP contribution is 2.31. The number of benzene rings is 2. The second kappa shape index (κ2) is 7.68. The Balaban J connectivity index is 1.33. The Labute approximate surface area is 158 Å². The number of para-hydroxylation sites is 2. The van der Waals surface area contributed by atoms with Gasteiger partial charge in [-0.05, 0) is 23.8 Å². The average molecular weight is 363 g/mol. The molecular weight excluding hydrogens is 342 g/mol. The molecule has 0 aliphatic carbocycles. The average Bonchev–Trinajstić information content (AvgIpc) is 2.74. The molecule has 1 amide bonds. The van der Waals surface area contributed by atoms with E-state index in [9.17, 15) is 10.1 Å². The highest BCUT2D eigenvalue weighted by Gasteiger charge is 2.32. The summed E-state index contributed by atoms with van der Waals surface area (Å²) in [6, 6.07) is 17.3. The van der Waals surface area contributed by atoms with E-state index in [4.69, 9.17) is 9.47 Å². The smallest absolute Gasteiger partial charge is 0.267 e. The minimum absolute atomic E-state index is 0.0263. The predicted molar refractivity (Wildman–Crippen MR) is 99.4 cm³/mol. The number of piperazine rings is 1. The van der Waals surface area contributed by atoms with E-state index in [1.54, 1.807) is 0 Å². The number of hydrogen-bond acceptors (Lipinski definition) is 5. The van der Waals surface area contributed by atoms with Gasteiger partial charge in [-0.2, -0.15) is 5.26 Å². The highest BCUT2D eigenvalue weighted by atomic mass is 16.6.